The maximum Gasteiger partial charge on any atom is 0.339 e. The molecule has 20 heavy (non-hydrogen) atoms. The van der Waals surface area contributed by atoms with Gasteiger partial charge in [-0.3, -0.25) is 4.72 Å². The van der Waals surface area contributed by atoms with Crippen LogP contribution in [0.25, 0.3) is 0 Å². The Morgan fingerprint density at radius 3 is 2.65 bits per heavy atom. The number of benzene rings is 1. The summed E-state index contributed by atoms with van der Waals surface area (Å²) < 4.78 is 31.5. The molecule has 2 N–H and O–H groups in total. The van der Waals surface area contributed by atoms with Crippen molar-refractivity contribution in [3.8, 4) is 5.75 Å². The molecular weight excluding hydrogens is 302 g/mol. The fourth-order valence-electron chi connectivity index (χ4n) is 1.56. The molecule has 6 nitrogen and oxygen atoms in total. The lowest BCUT2D eigenvalue weighted by atomic mass is 10.2. The van der Waals surface area contributed by atoms with Crippen LogP contribution in [0.2, 0.25) is 0 Å². The van der Waals surface area contributed by atoms with Crippen molar-refractivity contribution in [1.29, 1.82) is 0 Å². The molecule has 106 valence electrons. The van der Waals surface area contributed by atoms with Crippen LogP contribution in [0.15, 0.2) is 39.9 Å². The summed E-state index contributed by atoms with van der Waals surface area (Å²) in [7, 11) is -2.51. The highest BCUT2D eigenvalue weighted by Gasteiger charge is 2.19. The highest BCUT2D eigenvalue weighted by atomic mass is 32.2. The molecule has 1 heterocycles. The molecule has 0 aliphatic rings. The second-order valence-electron chi connectivity index (χ2n) is 3.78. The lowest BCUT2D eigenvalue weighted by Crippen LogP contribution is -2.13. The largest absolute Gasteiger partial charge is 0.496 e. The molecule has 1 aromatic carbocycles. The number of hydrogen-bond acceptors (Lipinski definition) is 5. The van der Waals surface area contributed by atoms with Gasteiger partial charge in [0, 0.05) is 5.38 Å². The molecule has 2 rings (SSSR count). The van der Waals surface area contributed by atoms with Gasteiger partial charge in [0.15, 0.2) is 0 Å². The molecule has 2 aromatic rings. The van der Waals surface area contributed by atoms with Crippen LogP contribution in [0.5, 0.6) is 5.75 Å². The van der Waals surface area contributed by atoms with Gasteiger partial charge in [-0.1, -0.05) is 0 Å². The Labute approximate surface area is 119 Å². The summed E-state index contributed by atoms with van der Waals surface area (Å²) in [5, 5.41) is 12.4. The third kappa shape index (κ3) is 2.91. The number of thiophene rings is 1. The Morgan fingerprint density at radius 2 is 2.10 bits per heavy atom. The summed E-state index contributed by atoms with van der Waals surface area (Å²) in [6.07, 6.45) is 0. The third-order valence-corrected chi connectivity index (χ3v) is 4.55. The van der Waals surface area contributed by atoms with Gasteiger partial charge < -0.3 is 9.84 Å². The maximum absolute atomic E-state index is 12.1. The Bertz CT molecular complexity index is 722. The molecule has 0 atom stereocenters. The zero-order chi connectivity index (χ0) is 14.8. The second-order valence-corrected chi connectivity index (χ2v) is 6.25. The number of sulfonamides is 1. The second kappa shape index (κ2) is 5.51. The van der Waals surface area contributed by atoms with Gasteiger partial charge in [-0.2, -0.15) is 11.3 Å². The number of anilines is 1. The summed E-state index contributed by atoms with van der Waals surface area (Å²) in [5.41, 5.74) is 0.225. The minimum absolute atomic E-state index is 0.104. The Morgan fingerprint density at radius 1 is 1.35 bits per heavy atom. The molecule has 0 aliphatic carbocycles. The summed E-state index contributed by atoms with van der Waals surface area (Å²) >= 11 is 1.35. The van der Waals surface area contributed by atoms with Crippen molar-refractivity contribution in [3.05, 3.63) is 40.6 Å². The molecule has 0 saturated heterocycles. The summed E-state index contributed by atoms with van der Waals surface area (Å²) in [6, 6.07) is 5.28. The Balaban J connectivity index is 2.42. The Kier molecular flexibility index (Phi) is 3.96. The predicted octanol–water partition coefficient (Wildman–Crippen LogP) is 2.26. The molecular formula is C12H11NO5S2. The van der Waals surface area contributed by atoms with Crippen LogP contribution in [0.3, 0.4) is 0 Å². The van der Waals surface area contributed by atoms with E-state index in [9.17, 15) is 13.2 Å². The number of aromatic carboxylic acids is 1. The molecule has 0 bridgehead atoms. The van der Waals surface area contributed by atoms with E-state index in [1.54, 1.807) is 16.8 Å². The van der Waals surface area contributed by atoms with Crippen molar-refractivity contribution < 1.29 is 23.1 Å². The van der Waals surface area contributed by atoms with E-state index in [1.807, 2.05) is 0 Å². The number of hydrogen-bond donors (Lipinski definition) is 2. The molecule has 0 radical (unpaired) electrons. The number of carbonyl (C=O) groups is 1. The van der Waals surface area contributed by atoms with E-state index in [1.165, 1.54) is 30.6 Å². The number of rotatable bonds is 5. The van der Waals surface area contributed by atoms with E-state index in [-0.39, 0.29) is 16.2 Å². The smallest absolute Gasteiger partial charge is 0.339 e. The number of nitrogens with one attached hydrogen (secondary N) is 1. The average Bonchev–Trinajstić information content (AvgIpc) is 2.89. The molecule has 1 aromatic heterocycles. The molecule has 0 unspecified atom stereocenters. The van der Waals surface area contributed by atoms with Crippen LogP contribution in [0, 0.1) is 0 Å². The normalized spacial score (nSPS) is 11.1. The zero-order valence-corrected chi connectivity index (χ0v) is 12.0. The summed E-state index contributed by atoms with van der Waals surface area (Å²) in [6.45, 7) is 0. The monoisotopic (exact) mass is 313 g/mol. The minimum Gasteiger partial charge on any atom is -0.496 e. The first-order valence-corrected chi connectivity index (χ1v) is 7.83. The van der Waals surface area contributed by atoms with Crippen LogP contribution in [-0.4, -0.2) is 26.6 Å². The van der Waals surface area contributed by atoms with Gasteiger partial charge >= 0.3 is 5.97 Å². The lowest BCUT2D eigenvalue weighted by Gasteiger charge is -2.09. The molecule has 0 amide bonds. The van der Waals surface area contributed by atoms with Crippen LogP contribution in [0.1, 0.15) is 10.4 Å². The first-order chi connectivity index (χ1) is 9.44. The van der Waals surface area contributed by atoms with Crippen molar-refractivity contribution in [3.63, 3.8) is 0 Å². The Hall–Kier alpha value is -2.06. The highest BCUT2D eigenvalue weighted by Crippen LogP contribution is 2.24. The molecule has 8 heteroatoms. The predicted molar refractivity (Wildman–Crippen MR) is 75.1 cm³/mol. The van der Waals surface area contributed by atoms with E-state index >= 15 is 0 Å². The van der Waals surface area contributed by atoms with Crippen molar-refractivity contribution in [1.82, 2.24) is 0 Å². The third-order valence-electron chi connectivity index (χ3n) is 2.49. The minimum atomic E-state index is -3.83. The molecule has 0 saturated carbocycles. The van der Waals surface area contributed by atoms with E-state index in [0.29, 0.717) is 5.69 Å². The van der Waals surface area contributed by atoms with Crippen LogP contribution in [0.4, 0.5) is 5.69 Å². The molecule has 0 fully saturated rings. The first kappa shape index (κ1) is 14.4. The average molecular weight is 313 g/mol. The standard InChI is InChI=1S/C12H11NO5S2/c1-18-11-3-2-9(6-10(11)12(14)15)20(16,17)13-8-4-5-19-7-8/h2-7,13H,1H3,(H,14,15). The van der Waals surface area contributed by atoms with Crippen molar-refractivity contribution in [2.24, 2.45) is 0 Å². The van der Waals surface area contributed by atoms with Crippen LogP contribution >= 0.6 is 11.3 Å². The first-order valence-electron chi connectivity index (χ1n) is 5.40. The van der Waals surface area contributed by atoms with E-state index < -0.39 is 16.0 Å². The van der Waals surface area contributed by atoms with Gasteiger partial charge in [-0.15, -0.1) is 0 Å². The van der Waals surface area contributed by atoms with Crippen LogP contribution < -0.4 is 9.46 Å². The summed E-state index contributed by atoms with van der Waals surface area (Å²) in [5.74, 6) is -1.15. The lowest BCUT2D eigenvalue weighted by molar-refractivity contribution is 0.0693. The zero-order valence-electron chi connectivity index (χ0n) is 10.4. The van der Waals surface area contributed by atoms with Crippen molar-refractivity contribution >= 4 is 33.0 Å². The fraction of sp³-hybridized carbons (Fsp3) is 0.0833. The maximum atomic E-state index is 12.1. The quantitative estimate of drug-likeness (QED) is 0.883. The van der Waals surface area contributed by atoms with Crippen molar-refractivity contribution in [2.45, 2.75) is 4.90 Å². The summed E-state index contributed by atoms with van der Waals surface area (Å²) in [4.78, 5) is 10.9. The number of ether oxygens (including phenoxy) is 1. The van der Waals surface area contributed by atoms with E-state index in [4.69, 9.17) is 9.84 Å². The van der Waals surface area contributed by atoms with E-state index in [2.05, 4.69) is 4.72 Å². The van der Waals surface area contributed by atoms with Crippen LogP contribution in [-0.2, 0) is 10.0 Å². The fourth-order valence-corrected chi connectivity index (χ4v) is 3.30. The van der Waals surface area contributed by atoms with Gasteiger partial charge in [0.05, 0.1) is 17.7 Å². The van der Waals surface area contributed by atoms with Gasteiger partial charge in [0.1, 0.15) is 11.3 Å². The van der Waals surface area contributed by atoms with Gasteiger partial charge in [-0.05, 0) is 29.6 Å². The molecule has 0 spiro atoms. The molecule has 0 aliphatic heterocycles. The number of carboxylic acids is 1. The van der Waals surface area contributed by atoms with Crippen molar-refractivity contribution in [2.75, 3.05) is 11.8 Å². The highest BCUT2D eigenvalue weighted by molar-refractivity contribution is 7.92. The topological polar surface area (TPSA) is 92.7 Å². The number of carboxylic acid groups (broad SMARTS) is 1. The van der Waals surface area contributed by atoms with E-state index in [0.717, 1.165) is 6.07 Å². The SMILES string of the molecule is COc1ccc(S(=O)(=O)Nc2ccsc2)cc1C(=O)O. The van der Waals surface area contributed by atoms with Gasteiger partial charge in [-0.25, -0.2) is 13.2 Å². The number of methoxy groups -OCH3 is 1. The van der Waals surface area contributed by atoms with Gasteiger partial charge in [0.25, 0.3) is 10.0 Å². The van der Waals surface area contributed by atoms with Gasteiger partial charge in [0.2, 0.25) is 0 Å².